The molecule has 174 valence electrons. The normalized spacial score (nSPS) is 14.5. The lowest BCUT2D eigenvalue weighted by Gasteiger charge is -2.27. The molecular weight excluding hydrogens is 460 g/mol. The van der Waals surface area contributed by atoms with Crippen LogP contribution in [0.25, 0.3) is 21.3 Å². The summed E-state index contributed by atoms with van der Waals surface area (Å²) >= 11 is 1.57. The molecule has 4 aromatic rings. The molecule has 8 nitrogen and oxygen atoms in total. The van der Waals surface area contributed by atoms with E-state index in [1.807, 2.05) is 35.2 Å². The first-order chi connectivity index (χ1) is 15.7. The summed E-state index contributed by atoms with van der Waals surface area (Å²) in [4.78, 5) is 22.4. The molecule has 0 bridgehead atoms. The van der Waals surface area contributed by atoms with Crippen molar-refractivity contribution in [2.45, 2.75) is 19.9 Å². The topological polar surface area (TPSA) is 76.4 Å². The number of anilines is 1. The van der Waals surface area contributed by atoms with Crippen molar-refractivity contribution in [1.82, 2.24) is 24.9 Å². The molecule has 5 rings (SSSR count). The molecule has 1 aliphatic heterocycles. The van der Waals surface area contributed by atoms with Crippen molar-refractivity contribution in [2.75, 3.05) is 44.3 Å². The molecule has 10 heteroatoms. The fourth-order valence-electron chi connectivity index (χ4n) is 3.99. The van der Waals surface area contributed by atoms with Crippen LogP contribution < -0.4 is 4.90 Å². The molecule has 1 fully saturated rings. The highest BCUT2D eigenvalue weighted by Crippen LogP contribution is 2.30. The van der Waals surface area contributed by atoms with Crippen LogP contribution in [-0.4, -0.2) is 70.2 Å². The zero-order valence-electron chi connectivity index (χ0n) is 18.5. The van der Waals surface area contributed by atoms with E-state index in [0.29, 0.717) is 6.54 Å². The van der Waals surface area contributed by atoms with Crippen LogP contribution in [0, 0.1) is 6.92 Å². The highest BCUT2D eigenvalue weighted by Gasteiger charge is 2.22. The molecule has 0 N–H and O–H groups in total. The maximum Gasteiger partial charge on any atom is 0.250 e. The lowest BCUT2D eigenvalue weighted by atomic mass is 10.2. The van der Waals surface area contributed by atoms with Crippen molar-refractivity contribution in [1.29, 1.82) is 0 Å². The van der Waals surface area contributed by atoms with E-state index < -0.39 is 0 Å². The number of benzene rings is 2. The van der Waals surface area contributed by atoms with Crippen molar-refractivity contribution in [3.8, 4) is 0 Å². The molecule has 2 aromatic heterocycles. The Labute approximate surface area is 202 Å². The van der Waals surface area contributed by atoms with Crippen LogP contribution in [0.1, 0.15) is 12.0 Å². The first-order valence-corrected chi connectivity index (χ1v) is 11.7. The van der Waals surface area contributed by atoms with Gasteiger partial charge < -0.3 is 4.74 Å². The number of hydrogen-bond acceptors (Lipinski definition) is 7. The second-order valence-corrected chi connectivity index (χ2v) is 9.07. The van der Waals surface area contributed by atoms with E-state index in [9.17, 15) is 4.79 Å². The van der Waals surface area contributed by atoms with Crippen molar-refractivity contribution in [2.24, 2.45) is 0 Å². The maximum atomic E-state index is 13.5. The number of ether oxygens (including phenoxy) is 1. The van der Waals surface area contributed by atoms with Crippen LogP contribution in [0.2, 0.25) is 0 Å². The van der Waals surface area contributed by atoms with Gasteiger partial charge in [-0.25, -0.2) is 9.67 Å². The van der Waals surface area contributed by atoms with E-state index in [-0.39, 0.29) is 24.9 Å². The zero-order valence-corrected chi connectivity index (χ0v) is 20.1. The minimum Gasteiger partial charge on any atom is -0.379 e. The number of amides is 1. The summed E-state index contributed by atoms with van der Waals surface area (Å²) in [7, 11) is 0. The number of aromatic nitrogens is 4. The monoisotopic (exact) mass is 486 g/mol. The quantitative estimate of drug-likeness (QED) is 0.398. The highest BCUT2D eigenvalue weighted by molar-refractivity contribution is 7.22. The summed E-state index contributed by atoms with van der Waals surface area (Å²) in [5.74, 6) is -0.0293. The van der Waals surface area contributed by atoms with E-state index in [2.05, 4.69) is 34.3 Å². The lowest BCUT2D eigenvalue weighted by molar-refractivity contribution is -0.119. The number of morpholine rings is 1. The number of nitrogens with zero attached hydrogens (tertiary/aromatic N) is 6. The third-order valence-electron chi connectivity index (χ3n) is 5.73. The standard InChI is InChI=1S/C23H26N6O2S.ClH/c1-17-7-8-19-21(15-17)32-23(24-19)28(10-4-9-27-11-13-31-14-12-27)22(30)16-29-20-6-3-2-5-18(20)25-26-29;/h2-3,5-8,15H,4,9-14,16H2,1H3;1H. The van der Waals surface area contributed by atoms with Crippen LogP contribution in [0.5, 0.6) is 0 Å². The Morgan fingerprint density at radius 2 is 1.97 bits per heavy atom. The number of rotatable bonds is 7. The van der Waals surface area contributed by atoms with Gasteiger partial charge in [-0.15, -0.1) is 17.5 Å². The van der Waals surface area contributed by atoms with E-state index in [1.54, 1.807) is 16.0 Å². The third kappa shape index (κ3) is 5.33. The minimum absolute atomic E-state index is 0. The minimum atomic E-state index is -0.0293. The Bertz CT molecular complexity index is 1240. The first-order valence-electron chi connectivity index (χ1n) is 10.9. The number of para-hydroxylation sites is 1. The molecule has 0 saturated carbocycles. The molecule has 0 radical (unpaired) electrons. The number of thiazole rings is 1. The molecule has 0 aliphatic carbocycles. The smallest absolute Gasteiger partial charge is 0.250 e. The number of aryl methyl sites for hydroxylation is 1. The van der Waals surface area contributed by atoms with E-state index in [0.717, 1.165) is 65.7 Å². The average molecular weight is 487 g/mol. The van der Waals surface area contributed by atoms with Crippen LogP contribution in [-0.2, 0) is 16.1 Å². The Kier molecular flexibility index (Phi) is 7.54. The molecular formula is C23H27ClN6O2S. The molecule has 0 atom stereocenters. The van der Waals surface area contributed by atoms with E-state index >= 15 is 0 Å². The van der Waals surface area contributed by atoms with Gasteiger partial charge in [-0.3, -0.25) is 14.6 Å². The van der Waals surface area contributed by atoms with Crippen molar-refractivity contribution in [3.63, 3.8) is 0 Å². The number of halogens is 1. The fourth-order valence-corrected chi connectivity index (χ4v) is 5.09. The Hall–Kier alpha value is -2.59. The number of hydrogen-bond donors (Lipinski definition) is 0. The largest absolute Gasteiger partial charge is 0.379 e. The van der Waals surface area contributed by atoms with Crippen molar-refractivity contribution >= 4 is 56.0 Å². The number of carbonyl (C=O) groups excluding carboxylic acids is 1. The predicted octanol–water partition coefficient (Wildman–Crippen LogP) is 3.53. The molecule has 0 spiro atoms. The van der Waals surface area contributed by atoms with Gasteiger partial charge in [0.15, 0.2) is 5.13 Å². The van der Waals surface area contributed by atoms with Crippen molar-refractivity contribution in [3.05, 3.63) is 48.0 Å². The SMILES string of the molecule is Cc1ccc2nc(N(CCCN3CCOCC3)C(=O)Cn3nnc4ccccc43)sc2c1.Cl. The number of carbonyl (C=O) groups is 1. The second-order valence-electron chi connectivity index (χ2n) is 8.06. The second kappa shape index (κ2) is 10.6. The molecule has 0 unspecified atom stereocenters. The number of fused-ring (bicyclic) bond motifs is 2. The van der Waals surface area contributed by atoms with E-state index in [1.165, 1.54) is 5.56 Å². The summed E-state index contributed by atoms with van der Waals surface area (Å²) in [6, 6.07) is 13.9. The van der Waals surface area contributed by atoms with Gasteiger partial charge in [0.25, 0.3) is 5.91 Å². The molecule has 1 saturated heterocycles. The fraction of sp³-hybridized carbons (Fsp3) is 0.391. The van der Waals surface area contributed by atoms with Gasteiger partial charge in [-0.1, -0.05) is 34.7 Å². The summed E-state index contributed by atoms with van der Waals surface area (Å²) in [6.07, 6.45) is 0.874. The zero-order chi connectivity index (χ0) is 21.9. The van der Waals surface area contributed by atoms with Gasteiger partial charge in [0.05, 0.1) is 28.9 Å². The Morgan fingerprint density at radius 1 is 1.15 bits per heavy atom. The van der Waals surface area contributed by atoms with Gasteiger partial charge >= 0.3 is 0 Å². The third-order valence-corrected chi connectivity index (χ3v) is 6.77. The van der Waals surface area contributed by atoms with Gasteiger partial charge in [0, 0.05) is 26.2 Å². The van der Waals surface area contributed by atoms with Crippen molar-refractivity contribution < 1.29 is 9.53 Å². The van der Waals surface area contributed by atoms with Gasteiger partial charge in [-0.2, -0.15) is 0 Å². The van der Waals surface area contributed by atoms with Crippen LogP contribution >= 0.6 is 23.7 Å². The molecule has 3 heterocycles. The van der Waals surface area contributed by atoms with Crippen LogP contribution in [0.3, 0.4) is 0 Å². The maximum absolute atomic E-state index is 13.5. The van der Waals surface area contributed by atoms with Gasteiger partial charge in [-0.05, 0) is 43.2 Å². The Balaban J connectivity index is 0.00000259. The Morgan fingerprint density at radius 3 is 2.82 bits per heavy atom. The molecule has 2 aromatic carbocycles. The molecule has 1 amide bonds. The summed E-state index contributed by atoms with van der Waals surface area (Å²) < 4.78 is 8.21. The van der Waals surface area contributed by atoms with Crippen LogP contribution in [0.15, 0.2) is 42.5 Å². The van der Waals surface area contributed by atoms with Gasteiger partial charge in [0.1, 0.15) is 12.1 Å². The van der Waals surface area contributed by atoms with E-state index in [4.69, 9.17) is 9.72 Å². The average Bonchev–Trinajstić information content (AvgIpc) is 3.41. The van der Waals surface area contributed by atoms with Crippen LogP contribution in [0.4, 0.5) is 5.13 Å². The summed E-state index contributed by atoms with van der Waals surface area (Å²) in [5, 5.41) is 9.12. The molecule has 33 heavy (non-hydrogen) atoms. The summed E-state index contributed by atoms with van der Waals surface area (Å²) in [5.41, 5.74) is 3.75. The lowest BCUT2D eigenvalue weighted by Crippen LogP contribution is -2.40. The highest BCUT2D eigenvalue weighted by atomic mass is 35.5. The predicted molar refractivity (Wildman–Crippen MR) is 133 cm³/mol. The molecule has 1 aliphatic rings. The summed E-state index contributed by atoms with van der Waals surface area (Å²) in [6.45, 7) is 7.19. The first kappa shape index (κ1) is 23.6. The van der Waals surface area contributed by atoms with Gasteiger partial charge in [0.2, 0.25) is 0 Å².